The van der Waals surface area contributed by atoms with Crippen molar-refractivity contribution in [2.75, 3.05) is 0 Å². The molecule has 1 heterocycles. The van der Waals surface area contributed by atoms with Crippen LogP contribution in [-0.2, 0) is 6.30 Å². The maximum atomic E-state index is 12.1. The molecular weight excluding hydrogens is 201 g/mol. The molecule has 0 aromatic carbocycles. The number of hydrogen-bond donors (Lipinski definition) is 1. The van der Waals surface area contributed by atoms with Crippen LogP contribution in [0.1, 0.15) is 10.4 Å². The minimum Gasteiger partial charge on any atom is -0.366 e. The third kappa shape index (κ3) is 1.93. The van der Waals surface area contributed by atoms with E-state index in [4.69, 9.17) is 5.73 Å². The van der Waals surface area contributed by atoms with Gasteiger partial charge in [0.1, 0.15) is 0 Å². The van der Waals surface area contributed by atoms with E-state index in [9.17, 15) is 22.8 Å². The minimum atomic E-state index is -4.84. The summed E-state index contributed by atoms with van der Waals surface area (Å²) in [6.07, 6.45) is -4.48. The van der Waals surface area contributed by atoms with Crippen LogP contribution < -0.4 is 11.3 Å². The van der Waals surface area contributed by atoms with E-state index in [1.807, 2.05) is 0 Å². The summed E-state index contributed by atoms with van der Waals surface area (Å²) >= 11 is 0. The first-order valence-electron chi connectivity index (χ1n) is 3.42. The van der Waals surface area contributed by atoms with Crippen molar-refractivity contribution < 1.29 is 18.0 Å². The lowest BCUT2D eigenvalue weighted by Crippen LogP contribution is -2.31. The highest BCUT2D eigenvalue weighted by molar-refractivity contribution is 5.92. The molecule has 1 aromatic heterocycles. The summed E-state index contributed by atoms with van der Waals surface area (Å²) in [5, 5.41) is 0. The first kappa shape index (κ1) is 10.3. The second-order valence-corrected chi connectivity index (χ2v) is 2.46. The maximum absolute atomic E-state index is 12.1. The Morgan fingerprint density at radius 1 is 1.36 bits per heavy atom. The molecule has 1 aromatic rings. The van der Waals surface area contributed by atoms with Crippen LogP contribution in [0.25, 0.3) is 0 Å². The highest BCUT2D eigenvalue weighted by Crippen LogP contribution is 2.19. The zero-order valence-corrected chi connectivity index (χ0v) is 6.71. The van der Waals surface area contributed by atoms with Gasteiger partial charge >= 0.3 is 6.30 Å². The predicted molar refractivity (Wildman–Crippen MR) is 40.5 cm³/mol. The number of carbonyl (C=O) groups excluding carboxylic acids is 1. The molecule has 0 unspecified atom stereocenters. The monoisotopic (exact) mass is 206 g/mol. The molecule has 76 valence electrons. The molecule has 0 saturated heterocycles. The van der Waals surface area contributed by atoms with Crippen molar-refractivity contribution in [3.8, 4) is 0 Å². The third-order valence-corrected chi connectivity index (χ3v) is 1.47. The van der Waals surface area contributed by atoms with Gasteiger partial charge in [-0.1, -0.05) is 0 Å². The van der Waals surface area contributed by atoms with Crippen molar-refractivity contribution in [2.24, 2.45) is 5.73 Å². The molecule has 0 fully saturated rings. The van der Waals surface area contributed by atoms with Crippen LogP contribution in [0.5, 0.6) is 0 Å². The molecule has 0 aliphatic rings. The van der Waals surface area contributed by atoms with Crippen LogP contribution in [0, 0.1) is 0 Å². The van der Waals surface area contributed by atoms with E-state index in [1.54, 1.807) is 0 Å². The standard InChI is InChI=1S/C7H5F3N2O2/c8-7(9,10)12-3-4(6(11)14)1-2-5(12)13/h1-3H,(H2,11,14). The third-order valence-electron chi connectivity index (χ3n) is 1.47. The predicted octanol–water partition coefficient (Wildman–Crippen LogP) is 0.424. The summed E-state index contributed by atoms with van der Waals surface area (Å²) in [5.41, 5.74) is 3.12. The zero-order chi connectivity index (χ0) is 10.9. The molecule has 1 rings (SSSR count). The van der Waals surface area contributed by atoms with Crippen LogP contribution in [-0.4, -0.2) is 10.5 Å². The Kier molecular flexibility index (Phi) is 2.33. The minimum absolute atomic E-state index is 0.366. The molecule has 2 N–H and O–H groups in total. The van der Waals surface area contributed by atoms with E-state index in [0.29, 0.717) is 12.3 Å². The van der Waals surface area contributed by atoms with E-state index < -0.39 is 22.3 Å². The second-order valence-electron chi connectivity index (χ2n) is 2.46. The number of alkyl halides is 3. The Bertz CT molecular complexity index is 422. The lowest BCUT2D eigenvalue weighted by Gasteiger charge is -2.09. The van der Waals surface area contributed by atoms with E-state index in [1.165, 1.54) is 0 Å². The Hall–Kier alpha value is -1.79. The summed E-state index contributed by atoms with van der Waals surface area (Å²) in [5.74, 6) is -1.03. The lowest BCUT2D eigenvalue weighted by molar-refractivity contribution is -0.206. The number of rotatable bonds is 1. The van der Waals surface area contributed by atoms with Gasteiger partial charge in [0.05, 0.1) is 5.56 Å². The van der Waals surface area contributed by atoms with E-state index in [-0.39, 0.29) is 5.56 Å². The second kappa shape index (κ2) is 3.17. The first-order valence-corrected chi connectivity index (χ1v) is 3.42. The van der Waals surface area contributed by atoms with Crippen LogP contribution in [0.2, 0.25) is 0 Å². The smallest absolute Gasteiger partial charge is 0.366 e. The quantitative estimate of drug-likeness (QED) is 0.723. The van der Waals surface area contributed by atoms with Crippen molar-refractivity contribution in [3.05, 3.63) is 34.2 Å². The van der Waals surface area contributed by atoms with Gasteiger partial charge in [0, 0.05) is 12.3 Å². The zero-order valence-electron chi connectivity index (χ0n) is 6.71. The molecule has 4 nitrogen and oxygen atoms in total. The van der Waals surface area contributed by atoms with Crippen molar-refractivity contribution in [1.82, 2.24) is 4.57 Å². The molecule has 0 saturated carbocycles. The summed E-state index contributed by atoms with van der Waals surface area (Å²) in [4.78, 5) is 21.3. The van der Waals surface area contributed by atoms with Crippen molar-refractivity contribution >= 4 is 5.91 Å². The molecule has 0 radical (unpaired) electrons. The Labute approximate surface area is 75.8 Å². The number of nitrogens with two attached hydrogens (primary N) is 1. The highest BCUT2D eigenvalue weighted by Gasteiger charge is 2.31. The van der Waals surface area contributed by atoms with Gasteiger partial charge in [-0.25, -0.2) is 4.57 Å². The number of primary amides is 1. The van der Waals surface area contributed by atoms with Gasteiger partial charge in [0.25, 0.3) is 5.56 Å². The largest absolute Gasteiger partial charge is 0.491 e. The van der Waals surface area contributed by atoms with E-state index in [2.05, 4.69) is 0 Å². The Balaban J connectivity index is 3.37. The van der Waals surface area contributed by atoms with Crippen LogP contribution in [0.15, 0.2) is 23.1 Å². The summed E-state index contributed by atoms with van der Waals surface area (Å²) in [6.45, 7) is 0. The Morgan fingerprint density at radius 3 is 2.36 bits per heavy atom. The normalized spacial score (nSPS) is 11.4. The van der Waals surface area contributed by atoms with E-state index in [0.717, 1.165) is 6.07 Å². The molecule has 0 aliphatic heterocycles. The van der Waals surface area contributed by atoms with Gasteiger partial charge in [-0.05, 0) is 6.07 Å². The molecule has 0 aliphatic carbocycles. The summed E-state index contributed by atoms with van der Waals surface area (Å²) in [6, 6.07) is 1.57. The number of nitrogens with zero attached hydrogens (tertiary/aromatic N) is 1. The molecule has 14 heavy (non-hydrogen) atoms. The molecule has 7 heteroatoms. The molecular formula is C7H5F3N2O2. The Morgan fingerprint density at radius 2 is 1.93 bits per heavy atom. The van der Waals surface area contributed by atoms with Crippen molar-refractivity contribution in [2.45, 2.75) is 6.30 Å². The number of amides is 1. The van der Waals surface area contributed by atoms with Gasteiger partial charge < -0.3 is 5.73 Å². The number of hydrogen-bond acceptors (Lipinski definition) is 2. The topological polar surface area (TPSA) is 65.1 Å². The summed E-state index contributed by atoms with van der Waals surface area (Å²) < 4.78 is 35.8. The van der Waals surface area contributed by atoms with Crippen molar-refractivity contribution in [1.29, 1.82) is 0 Å². The highest BCUT2D eigenvalue weighted by atomic mass is 19.4. The maximum Gasteiger partial charge on any atom is 0.491 e. The van der Waals surface area contributed by atoms with Gasteiger partial charge in [-0.2, -0.15) is 0 Å². The van der Waals surface area contributed by atoms with E-state index >= 15 is 0 Å². The molecule has 0 spiro atoms. The molecule has 0 atom stereocenters. The number of pyridine rings is 1. The molecule has 1 amide bonds. The average Bonchev–Trinajstić information content (AvgIpc) is 2.02. The number of halogens is 3. The fraction of sp³-hybridized carbons (Fsp3) is 0.143. The number of aromatic nitrogens is 1. The average molecular weight is 206 g/mol. The lowest BCUT2D eigenvalue weighted by atomic mass is 10.3. The van der Waals surface area contributed by atoms with Gasteiger partial charge in [0.2, 0.25) is 5.91 Å². The van der Waals surface area contributed by atoms with Crippen LogP contribution >= 0.6 is 0 Å². The SMILES string of the molecule is NC(=O)c1ccc(=O)n(C(F)(F)F)c1. The summed E-state index contributed by atoms with van der Waals surface area (Å²) in [7, 11) is 0. The molecule has 0 bridgehead atoms. The number of carbonyl (C=O) groups is 1. The fourth-order valence-electron chi connectivity index (χ4n) is 0.831. The van der Waals surface area contributed by atoms with Crippen LogP contribution in [0.4, 0.5) is 13.2 Å². The van der Waals surface area contributed by atoms with Gasteiger partial charge in [-0.3, -0.25) is 9.59 Å². The fourth-order valence-corrected chi connectivity index (χ4v) is 0.831. The van der Waals surface area contributed by atoms with Gasteiger partial charge in [0.15, 0.2) is 0 Å². The van der Waals surface area contributed by atoms with Crippen LogP contribution in [0.3, 0.4) is 0 Å². The van der Waals surface area contributed by atoms with Gasteiger partial charge in [-0.15, -0.1) is 13.2 Å². The van der Waals surface area contributed by atoms with Crippen molar-refractivity contribution in [3.63, 3.8) is 0 Å². The first-order chi connectivity index (χ1) is 6.32.